The van der Waals surface area contributed by atoms with Crippen molar-refractivity contribution < 1.29 is 4.42 Å². The zero-order valence-corrected chi connectivity index (χ0v) is 6.40. The Labute approximate surface area is 65.0 Å². The first-order valence-corrected chi connectivity index (χ1v) is 3.64. The lowest BCUT2D eigenvalue weighted by Crippen LogP contribution is -1.99. The van der Waals surface area contributed by atoms with Crippen LogP contribution in [0.2, 0.25) is 5.22 Å². The molecule has 0 bridgehead atoms. The summed E-state index contributed by atoms with van der Waals surface area (Å²) in [7, 11) is 0. The number of rotatable bonds is 3. The second-order valence-corrected chi connectivity index (χ2v) is 2.46. The van der Waals surface area contributed by atoms with E-state index in [1.807, 2.05) is 6.07 Å². The van der Waals surface area contributed by atoms with Crippen LogP contribution in [0.15, 0.2) is 16.7 Å². The standard InChI is InChI=1S/C7H10ClNO/c8-7-6(2-1-4-9)3-5-10-7/h3,5H,1-2,4,9H2. The van der Waals surface area contributed by atoms with Crippen molar-refractivity contribution in [3.63, 3.8) is 0 Å². The fourth-order valence-corrected chi connectivity index (χ4v) is 1.00. The van der Waals surface area contributed by atoms with Gasteiger partial charge in [0.15, 0.2) is 5.22 Å². The predicted molar refractivity (Wildman–Crippen MR) is 41.1 cm³/mol. The van der Waals surface area contributed by atoms with E-state index in [1.54, 1.807) is 6.26 Å². The Morgan fingerprint density at radius 2 is 2.40 bits per heavy atom. The van der Waals surface area contributed by atoms with Crippen LogP contribution in [0.1, 0.15) is 12.0 Å². The molecule has 0 unspecified atom stereocenters. The lowest BCUT2D eigenvalue weighted by Gasteiger charge is -1.92. The summed E-state index contributed by atoms with van der Waals surface area (Å²) in [5.41, 5.74) is 6.37. The predicted octanol–water partition coefficient (Wildman–Crippen LogP) is 1.82. The van der Waals surface area contributed by atoms with Crippen molar-refractivity contribution in [1.82, 2.24) is 0 Å². The van der Waals surface area contributed by atoms with E-state index in [1.165, 1.54) is 0 Å². The molecule has 0 aliphatic carbocycles. The number of halogens is 1. The maximum absolute atomic E-state index is 5.67. The van der Waals surface area contributed by atoms with E-state index in [0.717, 1.165) is 18.4 Å². The molecular formula is C7H10ClNO. The molecule has 0 saturated heterocycles. The Morgan fingerprint density at radius 1 is 1.60 bits per heavy atom. The molecule has 0 aromatic carbocycles. The molecule has 0 aliphatic heterocycles. The van der Waals surface area contributed by atoms with E-state index in [2.05, 4.69) is 0 Å². The number of aryl methyl sites for hydroxylation is 1. The fourth-order valence-electron chi connectivity index (χ4n) is 0.791. The van der Waals surface area contributed by atoms with Crippen molar-refractivity contribution in [1.29, 1.82) is 0 Å². The molecule has 10 heavy (non-hydrogen) atoms. The lowest BCUT2D eigenvalue weighted by molar-refractivity contribution is 0.565. The molecule has 0 spiro atoms. The molecule has 3 heteroatoms. The average molecular weight is 160 g/mol. The molecule has 56 valence electrons. The van der Waals surface area contributed by atoms with Crippen LogP contribution < -0.4 is 5.73 Å². The van der Waals surface area contributed by atoms with Crippen molar-refractivity contribution in [3.8, 4) is 0 Å². The van der Waals surface area contributed by atoms with Crippen LogP contribution in [0.5, 0.6) is 0 Å². The van der Waals surface area contributed by atoms with Gasteiger partial charge in [-0.2, -0.15) is 0 Å². The van der Waals surface area contributed by atoms with Crippen LogP contribution in [0.3, 0.4) is 0 Å². The topological polar surface area (TPSA) is 39.2 Å². The Balaban J connectivity index is 2.49. The van der Waals surface area contributed by atoms with Crippen LogP contribution in [0.25, 0.3) is 0 Å². The molecular weight excluding hydrogens is 150 g/mol. The van der Waals surface area contributed by atoms with Gasteiger partial charge in [-0.3, -0.25) is 0 Å². The SMILES string of the molecule is NCCCc1ccoc1Cl. The first-order chi connectivity index (χ1) is 4.84. The molecule has 2 N–H and O–H groups in total. The molecule has 0 fully saturated rings. The molecule has 0 amide bonds. The Bertz CT molecular complexity index is 197. The van der Waals surface area contributed by atoms with Gasteiger partial charge in [0.25, 0.3) is 0 Å². The van der Waals surface area contributed by atoms with Gasteiger partial charge in [-0.15, -0.1) is 0 Å². The van der Waals surface area contributed by atoms with Gasteiger partial charge in [-0.25, -0.2) is 0 Å². The summed E-state index contributed by atoms with van der Waals surface area (Å²) in [5.74, 6) is 0. The van der Waals surface area contributed by atoms with E-state index < -0.39 is 0 Å². The summed E-state index contributed by atoms with van der Waals surface area (Å²) in [5, 5.41) is 0.494. The highest BCUT2D eigenvalue weighted by molar-refractivity contribution is 6.29. The summed E-state index contributed by atoms with van der Waals surface area (Å²) in [6, 6.07) is 1.87. The van der Waals surface area contributed by atoms with Crippen molar-refractivity contribution in [2.45, 2.75) is 12.8 Å². The summed E-state index contributed by atoms with van der Waals surface area (Å²) in [4.78, 5) is 0. The largest absolute Gasteiger partial charge is 0.453 e. The van der Waals surface area contributed by atoms with Crippen molar-refractivity contribution in [2.75, 3.05) is 6.54 Å². The minimum Gasteiger partial charge on any atom is -0.453 e. The van der Waals surface area contributed by atoms with Crippen molar-refractivity contribution >= 4 is 11.6 Å². The van der Waals surface area contributed by atoms with Gasteiger partial charge in [-0.1, -0.05) is 0 Å². The number of furan rings is 1. The third kappa shape index (κ3) is 1.75. The lowest BCUT2D eigenvalue weighted by atomic mass is 10.2. The number of hydrogen-bond donors (Lipinski definition) is 1. The maximum atomic E-state index is 5.67. The van der Waals surface area contributed by atoms with Crippen LogP contribution in [-0.4, -0.2) is 6.54 Å². The van der Waals surface area contributed by atoms with Crippen LogP contribution in [0, 0.1) is 0 Å². The molecule has 1 heterocycles. The van der Waals surface area contributed by atoms with Gasteiger partial charge in [0.2, 0.25) is 0 Å². The molecule has 0 saturated carbocycles. The van der Waals surface area contributed by atoms with Crippen LogP contribution in [-0.2, 0) is 6.42 Å². The number of nitrogens with two attached hydrogens (primary N) is 1. The number of hydrogen-bond acceptors (Lipinski definition) is 2. The summed E-state index contributed by atoms with van der Waals surface area (Å²) in [6.45, 7) is 0.696. The molecule has 0 radical (unpaired) electrons. The smallest absolute Gasteiger partial charge is 0.196 e. The Morgan fingerprint density at radius 3 is 2.90 bits per heavy atom. The van der Waals surface area contributed by atoms with Gasteiger partial charge >= 0.3 is 0 Å². The molecule has 2 nitrogen and oxygen atoms in total. The zero-order valence-electron chi connectivity index (χ0n) is 5.64. The molecule has 1 aromatic rings. The van der Waals surface area contributed by atoms with Gasteiger partial charge in [0.05, 0.1) is 6.26 Å². The van der Waals surface area contributed by atoms with Crippen LogP contribution >= 0.6 is 11.6 Å². The highest BCUT2D eigenvalue weighted by Crippen LogP contribution is 2.17. The summed E-state index contributed by atoms with van der Waals surface area (Å²) >= 11 is 5.67. The minimum atomic E-state index is 0.494. The zero-order chi connectivity index (χ0) is 7.40. The van der Waals surface area contributed by atoms with E-state index in [-0.39, 0.29) is 0 Å². The van der Waals surface area contributed by atoms with Gasteiger partial charge in [-0.05, 0) is 37.1 Å². The molecule has 0 atom stereocenters. The van der Waals surface area contributed by atoms with E-state index in [0.29, 0.717) is 11.8 Å². The first-order valence-electron chi connectivity index (χ1n) is 3.26. The molecule has 1 rings (SSSR count). The van der Waals surface area contributed by atoms with Gasteiger partial charge in [0, 0.05) is 5.56 Å². The summed E-state index contributed by atoms with van der Waals surface area (Å²) < 4.78 is 4.89. The second kappa shape index (κ2) is 3.64. The van der Waals surface area contributed by atoms with E-state index in [4.69, 9.17) is 21.8 Å². The Hall–Kier alpha value is -0.470. The second-order valence-electron chi connectivity index (χ2n) is 2.11. The van der Waals surface area contributed by atoms with E-state index >= 15 is 0 Å². The van der Waals surface area contributed by atoms with Crippen molar-refractivity contribution in [3.05, 3.63) is 23.1 Å². The van der Waals surface area contributed by atoms with Crippen molar-refractivity contribution in [2.24, 2.45) is 5.73 Å². The normalized spacial score (nSPS) is 10.2. The quantitative estimate of drug-likeness (QED) is 0.731. The van der Waals surface area contributed by atoms with Gasteiger partial charge < -0.3 is 10.2 Å². The first kappa shape index (κ1) is 7.63. The third-order valence-corrected chi connectivity index (χ3v) is 1.68. The highest BCUT2D eigenvalue weighted by Gasteiger charge is 2.00. The monoisotopic (exact) mass is 159 g/mol. The molecule has 0 aliphatic rings. The van der Waals surface area contributed by atoms with Crippen LogP contribution in [0.4, 0.5) is 0 Å². The van der Waals surface area contributed by atoms with E-state index in [9.17, 15) is 0 Å². The third-order valence-electron chi connectivity index (χ3n) is 1.34. The summed E-state index contributed by atoms with van der Waals surface area (Å²) in [6.07, 6.45) is 3.46. The molecule has 1 aromatic heterocycles. The maximum Gasteiger partial charge on any atom is 0.196 e. The minimum absolute atomic E-state index is 0.494. The highest BCUT2D eigenvalue weighted by atomic mass is 35.5. The average Bonchev–Trinajstić information content (AvgIpc) is 2.31. The Kier molecular flexibility index (Phi) is 2.78. The van der Waals surface area contributed by atoms with Gasteiger partial charge in [0.1, 0.15) is 0 Å². The fraction of sp³-hybridized carbons (Fsp3) is 0.429.